The molecule has 0 unspecified atom stereocenters. The molecule has 0 spiro atoms. The smallest absolute Gasteiger partial charge is 0.203 e. The lowest BCUT2D eigenvalue weighted by molar-refractivity contribution is 0.104. The number of hydrogen-bond donors (Lipinski definition) is 0. The Morgan fingerprint density at radius 3 is 2.39 bits per heavy atom. The highest BCUT2D eigenvalue weighted by Gasteiger charge is 2.21. The standard InChI is InChI=1S/C22H18F4N2O3/c1-12-15(10-27-28(12)2)18(29)6-4-13-5-7-19(30-3)14(8-13)11-31-22-20(25)16(23)9-17(24)21(22)26/h4-10H,11H2,1-3H3/b6-4+. The topological polar surface area (TPSA) is 53.3 Å². The van der Waals surface area contributed by atoms with E-state index in [1.165, 1.54) is 19.4 Å². The lowest BCUT2D eigenvalue weighted by Crippen LogP contribution is -2.05. The minimum Gasteiger partial charge on any atom is -0.496 e. The first-order valence-corrected chi connectivity index (χ1v) is 9.06. The van der Waals surface area contributed by atoms with Crippen LogP contribution in [0.1, 0.15) is 27.2 Å². The van der Waals surface area contributed by atoms with Gasteiger partial charge in [0.1, 0.15) is 12.4 Å². The molecule has 1 heterocycles. The van der Waals surface area contributed by atoms with Crippen LogP contribution in [0.25, 0.3) is 6.08 Å². The number of aryl methyl sites for hydroxylation is 1. The van der Waals surface area contributed by atoms with Crippen molar-refractivity contribution in [3.8, 4) is 11.5 Å². The third-order valence-electron chi connectivity index (χ3n) is 4.68. The number of ether oxygens (including phenoxy) is 2. The molecule has 0 atom stereocenters. The molecule has 0 saturated heterocycles. The predicted molar refractivity (Wildman–Crippen MR) is 105 cm³/mol. The Hall–Kier alpha value is -3.62. The minimum atomic E-state index is -1.63. The van der Waals surface area contributed by atoms with Gasteiger partial charge in [-0.25, -0.2) is 8.78 Å². The summed E-state index contributed by atoms with van der Waals surface area (Å²) in [6.07, 6.45) is 4.37. The summed E-state index contributed by atoms with van der Waals surface area (Å²) < 4.78 is 66.2. The maximum Gasteiger partial charge on any atom is 0.203 e. The number of nitrogens with zero attached hydrogens (tertiary/aromatic N) is 2. The number of rotatable bonds is 7. The SMILES string of the molecule is COc1ccc(/C=C/C(=O)c2cnn(C)c2C)cc1COc1c(F)c(F)cc(F)c1F. The van der Waals surface area contributed by atoms with Gasteiger partial charge in [-0.05, 0) is 30.7 Å². The summed E-state index contributed by atoms with van der Waals surface area (Å²) >= 11 is 0. The number of carbonyl (C=O) groups excluding carboxylic acids is 1. The first kappa shape index (κ1) is 22.1. The highest BCUT2D eigenvalue weighted by atomic mass is 19.2. The van der Waals surface area contributed by atoms with Crippen molar-refractivity contribution in [2.75, 3.05) is 7.11 Å². The van der Waals surface area contributed by atoms with E-state index >= 15 is 0 Å². The average Bonchev–Trinajstić information content (AvgIpc) is 3.09. The van der Waals surface area contributed by atoms with Crippen molar-refractivity contribution in [3.63, 3.8) is 0 Å². The summed E-state index contributed by atoms with van der Waals surface area (Å²) in [4.78, 5) is 12.4. The van der Waals surface area contributed by atoms with Crippen molar-refractivity contribution in [1.82, 2.24) is 9.78 Å². The van der Waals surface area contributed by atoms with Crippen LogP contribution >= 0.6 is 0 Å². The molecule has 0 N–H and O–H groups in total. The molecule has 0 aliphatic carbocycles. The number of allylic oxidation sites excluding steroid dienone is 1. The van der Waals surface area contributed by atoms with Crippen LogP contribution in [0.4, 0.5) is 17.6 Å². The summed E-state index contributed by atoms with van der Waals surface area (Å²) in [5.74, 6) is -7.49. The third kappa shape index (κ3) is 4.60. The molecule has 0 saturated carbocycles. The van der Waals surface area contributed by atoms with Gasteiger partial charge >= 0.3 is 0 Å². The Kier molecular flexibility index (Phi) is 6.43. The number of hydrogen-bond acceptors (Lipinski definition) is 4. The van der Waals surface area contributed by atoms with Crippen molar-refractivity contribution >= 4 is 11.9 Å². The van der Waals surface area contributed by atoms with Gasteiger partial charge in [-0.3, -0.25) is 9.48 Å². The molecule has 3 rings (SSSR count). The molecule has 0 aliphatic heterocycles. The fourth-order valence-corrected chi connectivity index (χ4v) is 2.85. The highest BCUT2D eigenvalue weighted by molar-refractivity contribution is 6.07. The Bertz CT molecular complexity index is 1150. The van der Waals surface area contributed by atoms with Gasteiger partial charge in [-0.2, -0.15) is 13.9 Å². The normalized spacial score (nSPS) is 11.2. The van der Waals surface area contributed by atoms with Gasteiger partial charge < -0.3 is 9.47 Å². The zero-order chi connectivity index (χ0) is 22.7. The van der Waals surface area contributed by atoms with Gasteiger partial charge in [0.25, 0.3) is 0 Å². The largest absolute Gasteiger partial charge is 0.496 e. The molecule has 5 nitrogen and oxygen atoms in total. The van der Waals surface area contributed by atoms with Crippen molar-refractivity contribution in [2.45, 2.75) is 13.5 Å². The molecule has 9 heteroatoms. The van der Waals surface area contributed by atoms with E-state index in [-0.39, 0.29) is 11.8 Å². The van der Waals surface area contributed by atoms with Gasteiger partial charge in [-0.15, -0.1) is 0 Å². The summed E-state index contributed by atoms with van der Waals surface area (Å²) in [5, 5.41) is 4.02. The Labute approximate surface area is 175 Å². The zero-order valence-electron chi connectivity index (χ0n) is 16.9. The molecule has 0 radical (unpaired) electrons. The number of aromatic nitrogens is 2. The van der Waals surface area contributed by atoms with Crippen LogP contribution in [0.15, 0.2) is 36.5 Å². The molecule has 0 bridgehead atoms. The van der Waals surface area contributed by atoms with Crippen LogP contribution < -0.4 is 9.47 Å². The predicted octanol–water partition coefficient (Wildman–Crippen LogP) is 4.77. The molecule has 31 heavy (non-hydrogen) atoms. The number of benzene rings is 2. The van der Waals surface area contributed by atoms with Crippen molar-refractivity contribution in [1.29, 1.82) is 0 Å². The summed E-state index contributed by atoms with van der Waals surface area (Å²) in [5.41, 5.74) is 2.08. The molecule has 0 aliphatic rings. The summed E-state index contributed by atoms with van der Waals surface area (Å²) in [7, 11) is 3.10. The van der Waals surface area contributed by atoms with Crippen LogP contribution in [0.2, 0.25) is 0 Å². The van der Waals surface area contributed by atoms with Gasteiger partial charge in [0.2, 0.25) is 11.6 Å². The van der Waals surface area contributed by atoms with Crippen LogP contribution in [-0.2, 0) is 13.7 Å². The lowest BCUT2D eigenvalue weighted by Gasteiger charge is -2.13. The quantitative estimate of drug-likeness (QED) is 0.233. The lowest BCUT2D eigenvalue weighted by atomic mass is 10.1. The molecule has 0 amide bonds. The number of methoxy groups -OCH3 is 1. The fraction of sp³-hybridized carbons (Fsp3) is 0.182. The molecule has 162 valence electrons. The van der Waals surface area contributed by atoms with E-state index in [1.54, 1.807) is 42.9 Å². The maximum absolute atomic E-state index is 13.8. The molecule has 0 fully saturated rings. The second-order valence-corrected chi connectivity index (χ2v) is 6.62. The van der Waals surface area contributed by atoms with E-state index in [2.05, 4.69) is 5.10 Å². The van der Waals surface area contributed by atoms with Crippen molar-refractivity contribution < 1.29 is 31.8 Å². The first-order chi connectivity index (χ1) is 14.7. The van der Waals surface area contributed by atoms with Crippen LogP contribution in [0, 0.1) is 30.2 Å². The zero-order valence-corrected chi connectivity index (χ0v) is 16.9. The van der Waals surface area contributed by atoms with Gasteiger partial charge in [-0.1, -0.05) is 12.1 Å². The maximum atomic E-state index is 13.8. The van der Waals surface area contributed by atoms with Gasteiger partial charge in [0.15, 0.2) is 23.2 Å². The highest BCUT2D eigenvalue weighted by Crippen LogP contribution is 2.29. The Balaban J connectivity index is 1.83. The Morgan fingerprint density at radius 2 is 1.81 bits per heavy atom. The second-order valence-electron chi connectivity index (χ2n) is 6.62. The fourth-order valence-electron chi connectivity index (χ4n) is 2.85. The van der Waals surface area contributed by atoms with Crippen LogP contribution in [0.3, 0.4) is 0 Å². The van der Waals surface area contributed by atoms with E-state index < -0.39 is 35.6 Å². The molecule has 2 aromatic carbocycles. The van der Waals surface area contributed by atoms with Gasteiger partial charge in [0, 0.05) is 24.4 Å². The van der Waals surface area contributed by atoms with E-state index in [0.29, 0.717) is 28.1 Å². The number of ketones is 1. The van der Waals surface area contributed by atoms with E-state index in [9.17, 15) is 22.4 Å². The van der Waals surface area contributed by atoms with Gasteiger partial charge in [0.05, 0.1) is 18.9 Å². The summed E-state index contributed by atoms with van der Waals surface area (Å²) in [6.45, 7) is 1.33. The number of carbonyl (C=O) groups is 1. The second kappa shape index (κ2) is 9.03. The number of halogens is 4. The third-order valence-corrected chi connectivity index (χ3v) is 4.68. The van der Waals surface area contributed by atoms with Crippen LogP contribution in [-0.4, -0.2) is 22.7 Å². The Morgan fingerprint density at radius 1 is 1.13 bits per heavy atom. The van der Waals surface area contributed by atoms with E-state index in [1.807, 2.05) is 0 Å². The van der Waals surface area contributed by atoms with E-state index in [4.69, 9.17) is 9.47 Å². The minimum absolute atomic E-state index is 0.102. The van der Waals surface area contributed by atoms with E-state index in [0.717, 1.165) is 0 Å². The van der Waals surface area contributed by atoms with Crippen molar-refractivity contribution in [3.05, 3.63) is 82.2 Å². The molecule has 1 aromatic heterocycles. The van der Waals surface area contributed by atoms with Crippen molar-refractivity contribution in [2.24, 2.45) is 7.05 Å². The summed E-state index contributed by atoms with van der Waals surface area (Å²) in [6, 6.07) is 4.89. The molecule has 3 aromatic rings. The van der Waals surface area contributed by atoms with Crippen LogP contribution in [0.5, 0.6) is 11.5 Å². The monoisotopic (exact) mass is 434 g/mol. The molecular weight excluding hydrogens is 416 g/mol. The molecular formula is C22H18F4N2O3. The first-order valence-electron chi connectivity index (χ1n) is 9.06. The average molecular weight is 434 g/mol.